The van der Waals surface area contributed by atoms with Gasteiger partial charge in [-0.1, -0.05) is 25.0 Å². The maximum absolute atomic E-state index is 5.75. The monoisotopic (exact) mass is 290 g/mol. The van der Waals surface area contributed by atoms with Gasteiger partial charge in [0.05, 0.1) is 12.1 Å². The Bertz CT molecular complexity index is 433. The summed E-state index contributed by atoms with van der Waals surface area (Å²) in [4.78, 5) is 2.42. The van der Waals surface area contributed by atoms with Crippen LogP contribution in [0.1, 0.15) is 51.1 Å². The van der Waals surface area contributed by atoms with Crippen LogP contribution in [0.2, 0.25) is 0 Å². The van der Waals surface area contributed by atoms with Gasteiger partial charge in [0, 0.05) is 5.54 Å². The van der Waals surface area contributed by atoms with Crippen LogP contribution in [-0.4, -0.2) is 37.7 Å². The summed E-state index contributed by atoms with van der Waals surface area (Å²) < 4.78 is 5.75. The standard InChI is InChI=1S/C18H30N2O/c1-14(2)21-16-10-8-15(9-11-16)17(19-3)18(20(4)5)12-6-7-13-18/h8-11,14,17,19H,6-7,12-13H2,1-5H3. The molecule has 0 amide bonds. The van der Waals surface area contributed by atoms with E-state index in [0.717, 1.165) is 5.75 Å². The molecule has 3 heteroatoms. The molecular weight excluding hydrogens is 260 g/mol. The second-order valence-electron chi connectivity index (χ2n) is 6.66. The zero-order valence-electron chi connectivity index (χ0n) is 14.1. The highest BCUT2D eigenvalue weighted by Gasteiger charge is 2.43. The molecule has 1 atom stereocenters. The van der Waals surface area contributed by atoms with Gasteiger partial charge in [0.15, 0.2) is 0 Å². The number of nitrogens with zero attached hydrogens (tertiary/aromatic N) is 1. The van der Waals surface area contributed by atoms with Crippen LogP contribution in [0, 0.1) is 0 Å². The summed E-state index contributed by atoms with van der Waals surface area (Å²) in [7, 11) is 6.50. The van der Waals surface area contributed by atoms with Gasteiger partial charge in [-0.15, -0.1) is 0 Å². The molecule has 0 aromatic heterocycles. The Morgan fingerprint density at radius 3 is 2.10 bits per heavy atom. The van der Waals surface area contributed by atoms with Crippen LogP contribution in [0.5, 0.6) is 5.75 Å². The van der Waals surface area contributed by atoms with E-state index in [2.05, 4.69) is 69.5 Å². The van der Waals surface area contributed by atoms with Crippen LogP contribution < -0.4 is 10.1 Å². The van der Waals surface area contributed by atoms with Crippen molar-refractivity contribution in [1.82, 2.24) is 10.2 Å². The van der Waals surface area contributed by atoms with E-state index in [-0.39, 0.29) is 11.6 Å². The number of nitrogens with one attached hydrogen (secondary N) is 1. The first kappa shape index (κ1) is 16.3. The van der Waals surface area contributed by atoms with E-state index in [4.69, 9.17) is 4.74 Å². The molecule has 1 saturated carbocycles. The molecule has 0 bridgehead atoms. The molecular formula is C18H30N2O. The summed E-state index contributed by atoms with van der Waals surface area (Å²) in [5, 5.41) is 3.56. The highest BCUT2D eigenvalue weighted by molar-refractivity contribution is 5.31. The molecule has 1 aromatic rings. The van der Waals surface area contributed by atoms with Gasteiger partial charge in [0.25, 0.3) is 0 Å². The molecule has 1 unspecified atom stereocenters. The van der Waals surface area contributed by atoms with Crippen LogP contribution in [0.4, 0.5) is 0 Å². The molecule has 0 radical (unpaired) electrons. The average Bonchev–Trinajstić information content (AvgIpc) is 2.91. The summed E-state index contributed by atoms with van der Waals surface area (Å²) in [6.45, 7) is 4.12. The van der Waals surface area contributed by atoms with Crippen LogP contribution in [0.15, 0.2) is 24.3 Å². The van der Waals surface area contributed by atoms with Crippen LogP contribution in [-0.2, 0) is 0 Å². The van der Waals surface area contributed by atoms with E-state index in [1.807, 2.05) is 0 Å². The van der Waals surface area contributed by atoms with Crippen molar-refractivity contribution in [2.75, 3.05) is 21.1 Å². The van der Waals surface area contributed by atoms with Gasteiger partial charge in [-0.05, 0) is 65.5 Å². The second kappa shape index (κ2) is 6.80. The molecule has 0 aliphatic heterocycles. The molecule has 2 rings (SSSR count). The van der Waals surface area contributed by atoms with Crippen molar-refractivity contribution in [2.45, 2.75) is 57.2 Å². The van der Waals surface area contributed by atoms with E-state index in [0.29, 0.717) is 6.04 Å². The molecule has 1 N–H and O–H groups in total. The predicted octanol–water partition coefficient (Wildman–Crippen LogP) is 3.61. The van der Waals surface area contributed by atoms with Crippen molar-refractivity contribution in [3.05, 3.63) is 29.8 Å². The van der Waals surface area contributed by atoms with Gasteiger partial charge < -0.3 is 15.0 Å². The summed E-state index contributed by atoms with van der Waals surface area (Å²) in [6.07, 6.45) is 5.39. The first-order valence-electron chi connectivity index (χ1n) is 8.11. The van der Waals surface area contributed by atoms with Gasteiger partial charge in [0.1, 0.15) is 5.75 Å². The normalized spacial score (nSPS) is 19.2. The smallest absolute Gasteiger partial charge is 0.119 e. The Kier molecular flexibility index (Phi) is 5.28. The molecule has 0 heterocycles. The minimum absolute atomic E-state index is 0.221. The number of hydrogen-bond acceptors (Lipinski definition) is 3. The number of rotatable bonds is 6. The van der Waals surface area contributed by atoms with Crippen LogP contribution in [0.3, 0.4) is 0 Å². The van der Waals surface area contributed by atoms with Gasteiger partial charge in [0.2, 0.25) is 0 Å². The zero-order chi connectivity index (χ0) is 15.5. The quantitative estimate of drug-likeness (QED) is 0.866. The van der Waals surface area contributed by atoms with Crippen LogP contribution >= 0.6 is 0 Å². The fourth-order valence-corrected chi connectivity index (χ4v) is 3.74. The predicted molar refractivity (Wildman–Crippen MR) is 88.9 cm³/mol. The summed E-state index contributed by atoms with van der Waals surface area (Å²) in [5.74, 6) is 0.953. The second-order valence-corrected chi connectivity index (χ2v) is 6.66. The first-order chi connectivity index (χ1) is 9.99. The Hall–Kier alpha value is -1.06. The average molecular weight is 290 g/mol. The van der Waals surface area contributed by atoms with Gasteiger partial charge in [-0.2, -0.15) is 0 Å². The Morgan fingerprint density at radius 2 is 1.67 bits per heavy atom. The SMILES string of the molecule is CNC(c1ccc(OC(C)C)cc1)C1(N(C)C)CCCC1. The number of hydrogen-bond donors (Lipinski definition) is 1. The van der Waals surface area contributed by atoms with Crippen molar-refractivity contribution >= 4 is 0 Å². The third-order valence-electron chi connectivity index (χ3n) is 4.77. The lowest BCUT2D eigenvalue weighted by atomic mass is 9.82. The van der Waals surface area contributed by atoms with Crippen molar-refractivity contribution < 1.29 is 4.74 Å². The van der Waals surface area contributed by atoms with Gasteiger partial charge in [-0.3, -0.25) is 0 Å². The highest BCUT2D eigenvalue weighted by atomic mass is 16.5. The number of likely N-dealkylation sites (N-methyl/N-ethyl adjacent to an activating group) is 2. The van der Waals surface area contributed by atoms with Crippen molar-refractivity contribution in [2.24, 2.45) is 0 Å². The molecule has 1 aromatic carbocycles. The summed E-state index contributed by atoms with van der Waals surface area (Å²) >= 11 is 0. The fourth-order valence-electron chi connectivity index (χ4n) is 3.74. The zero-order valence-corrected chi connectivity index (χ0v) is 14.1. The molecule has 3 nitrogen and oxygen atoms in total. The lowest BCUT2D eigenvalue weighted by molar-refractivity contribution is 0.108. The van der Waals surface area contributed by atoms with Crippen molar-refractivity contribution in [3.63, 3.8) is 0 Å². The molecule has 0 spiro atoms. The first-order valence-corrected chi connectivity index (χ1v) is 8.11. The fraction of sp³-hybridized carbons (Fsp3) is 0.667. The third-order valence-corrected chi connectivity index (χ3v) is 4.77. The molecule has 118 valence electrons. The Morgan fingerprint density at radius 1 is 1.10 bits per heavy atom. The van der Waals surface area contributed by atoms with Crippen LogP contribution in [0.25, 0.3) is 0 Å². The molecule has 0 saturated heterocycles. The van der Waals surface area contributed by atoms with E-state index in [1.54, 1.807) is 0 Å². The van der Waals surface area contributed by atoms with Crippen molar-refractivity contribution in [3.8, 4) is 5.75 Å². The summed E-state index contributed by atoms with van der Waals surface area (Å²) in [6, 6.07) is 8.98. The number of benzene rings is 1. The topological polar surface area (TPSA) is 24.5 Å². The summed E-state index contributed by atoms with van der Waals surface area (Å²) in [5.41, 5.74) is 1.58. The maximum atomic E-state index is 5.75. The minimum Gasteiger partial charge on any atom is -0.491 e. The van der Waals surface area contributed by atoms with E-state index < -0.39 is 0 Å². The molecule has 21 heavy (non-hydrogen) atoms. The van der Waals surface area contributed by atoms with E-state index in [9.17, 15) is 0 Å². The maximum Gasteiger partial charge on any atom is 0.119 e. The lowest BCUT2D eigenvalue weighted by Gasteiger charge is -2.43. The van der Waals surface area contributed by atoms with Gasteiger partial charge >= 0.3 is 0 Å². The Labute approximate surface area is 129 Å². The van der Waals surface area contributed by atoms with E-state index in [1.165, 1.54) is 31.2 Å². The molecule has 1 aliphatic rings. The highest BCUT2D eigenvalue weighted by Crippen LogP contribution is 2.43. The third kappa shape index (κ3) is 3.41. The van der Waals surface area contributed by atoms with Gasteiger partial charge in [-0.25, -0.2) is 0 Å². The molecule has 1 aliphatic carbocycles. The minimum atomic E-state index is 0.221. The number of ether oxygens (including phenoxy) is 1. The Balaban J connectivity index is 2.24. The lowest BCUT2D eigenvalue weighted by Crippen LogP contribution is -2.51. The van der Waals surface area contributed by atoms with Crippen molar-refractivity contribution in [1.29, 1.82) is 0 Å². The molecule has 1 fully saturated rings. The largest absolute Gasteiger partial charge is 0.491 e. The van der Waals surface area contributed by atoms with E-state index >= 15 is 0 Å².